The van der Waals surface area contributed by atoms with Gasteiger partial charge in [0, 0.05) is 23.2 Å². The fourth-order valence-electron chi connectivity index (χ4n) is 2.00. The van der Waals surface area contributed by atoms with E-state index in [-0.39, 0.29) is 5.82 Å². The molecule has 1 aromatic carbocycles. The summed E-state index contributed by atoms with van der Waals surface area (Å²) >= 11 is 5.27. The van der Waals surface area contributed by atoms with Crippen LogP contribution in [0.15, 0.2) is 24.3 Å². The van der Waals surface area contributed by atoms with E-state index in [0.29, 0.717) is 23.7 Å². The Labute approximate surface area is 109 Å². The lowest BCUT2D eigenvalue weighted by Gasteiger charge is -2.17. The van der Waals surface area contributed by atoms with E-state index in [2.05, 4.69) is 9.97 Å². The predicted octanol–water partition coefficient (Wildman–Crippen LogP) is 3.02. The molecule has 1 aliphatic rings. The zero-order valence-electron chi connectivity index (χ0n) is 9.57. The van der Waals surface area contributed by atoms with Gasteiger partial charge in [0.15, 0.2) is 0 Å². The number of nitrogens with zero attached hydrogens (tertiary/aromatic N) is 1. The number of aromatic nitrogens is 2. The van der Waals surface area contributed by atoms with E-state index in [0.717, 1.165) is 23.2 Å². The molecule has 0 radical (unpaired) electrons. The normalized spacial score (nSPS) is 14.3. The third-order valence-corrected chi connectivity index (χ3v) is 3.30. The predicted molar refractivity (Wildman–Crippen MR) is 68.2 cm³/mol. The summed E-state index contributed by atoms with van der Waals surface area (Å²) < 4.78 is 18.8. The van der Waals surface area contributed by atoms with Crippen molar-refractivity contribution < 1.29 is 9.13 Å². The monoisotopic (exact) mass is 262 g/mol. The Morgan fingerprint density at radius 2 is 2.06 bits per heavy atom. The number of aromatic amines is 1. The molecule has 0 atom stereocenters. The highest BCUT2D eigenvalue weighted by Gasteiger charge is 2.14. The van der Waals surface area contributed by atoms with Crippen molar-refractivity contribution in [2.24, 2.45) is 0 Å². The number of hydrogen-bond acceptors (Lipinski definition) is 3. The van der Waals surface area contributed by atoms with E-state index in [4.69, 9.17) is 17.0 Å². The molecule has 1 N–H and O–H groups in total. The summed E-state index contributed by atoms with van der Waals surface area (Å²) in [6, 6.07) is 6.20. The van der Waals surface area contributed by atoms with Crippen LogP contribution < -0.4 is 0 Å². The van der Waals surface area contributed by atoms with Crippen LogP contribution in [0.25, 0.3) is 11.4 Å². The average Bonchev–Trinajstić information content (AvgIpc) is 2.39. The first kappa shape index (κ1) is 11.5. The second-order valence-electron chi connectivity index (χ2n) is 4.16. The number of halogens is 1. The van der Waals surface area contributed by atoms with E-state index in [1.807, 2.05) is 0 Å². The molecule has 18 heavy (non-hydrogen) atoms. The summed E-state index contributed by atoms with van der Waals surface area (Å²) in [5, 5.41) is 0. The minimum Gasteiger partial charge on any atom is -0.376 e. The maximum Gasteiger partial charge on any atom is 0.139 e. The van der Waals surface area contributed by atoms with Crippen molar-refractivity contribution in [3.8, 4) is 11.4 Å². The van der Waals surface area contributed by atoms with Crippen molar-refractivity contribution in [1.82, 2.24) is 9.97 Å². The molecule has 0 bridgehead atoms. The van der Waals surface area contributed by atoms with Gasteiger partial charge in [0.25, 0.3) is 0 Å². The van der Waals surface area contributed by atoms with Gasteiger partial charge in [-0.15, -0.1) is 0 Å². The van der Waals surface area contributed by atoms with Crippen molar-refractivity contribution in [3.05, 3.63) is 46.0 Å². The SMILES string of the molecule is Fc1ccc(-c2nc(=S)c3c([nH]2)CCOC3)cc1. The molecule has 2 aromatic rings. The fraction of sp³-hybridized carbons (Fsp3) is 0.231. The smallest absolute Gasteiger partial charge is 0.139 e. The van der Waals surface area contributed by atoms with E-state index >= 15 is 0 Å². The summed E-state index contributed by atoms with van der Waals surface area (Å²) in [5.74, 6) is 0.421. The first-order chi connectivity index (χ1) is 8.74. The van der Waals surface area contributed by atoms with Gasteiger partial charge < -0.3 is 9.72 Å². The summed E-state index contributed by atoms with van der Waals surface area (Å²) in [6.45, 7) is 1.20. The second-order valence-corrected chi connectivity index (χ2v) is 4.54. The van der Waals surface area contributed by atoms with Gasteiger partial charge in [-0.2, -0.15) is 0 Å². The molecule has 0 saturated carbocycles. The third kappa shape index (κ3) is 2.07. The first-order valence-electron chi connectivity index (χ1n) is 5.70. The number of H-pyrrole nitrogens is 1. The fourth-order valence-corrected chi connectivity index (χ4v) is 2.27. The van der Waals surface area contributed by atoms with Crippen LogP contribution in [0.2, 0.25) is 0 Å². The number of rotatable bonds is 1. The largest absolute Gasteiger partial charge is 0.376 e. The zero-order valence-corrected chi connectivity index (χ0v) is 10.4. The standard InChI is InChI=1S/C13H11FN2OS/c14-9-3-1-8(2-4-9)12-15-11-5-6-17-7-10(11)13(18)16-12/h1-4H,5-7H2,(H,15,16,18). The Hall–Kier alpha value is -1.59. The summed E-state index contributed by atoms with van der Waals surface area (Å²) in [6.07, 6.45) is 0.801. The highest BCUT2D eigenvalue weighted by Crippen LogP contribution is 2.21. The first-order valence-corrected chi connectivity index (χ1v) is 6.10. The molecule has 5 heteroatoms. The lowest BCUT2D eigenvalue weighted by atomic mass is 10.1. The van der Waals surface area contributed by atoms with E-state index in [9.17, 15) is 4.39 Å². The Morgan fingerprint density at radius 3 is 2.83 bits per heavy atom. The van der Waals surface area contributed by atoms with Crippen LogP contribution in [-0.4, -0.2) is 16.6 Å². The van der Waals surface area contributed by atoms with Crippen LogP contribution in [-0.2, 0) is 17.8 Å². The van der Waals surface area contributed by atoms with E-state index in [1.165, 1.54) is 12.1 Å². The van der Waals surface area contributed by atoms with Gasteiger partial charge in [-0.3, -0.25) is 0 Å². The highest BCUT2D eigenvalue weighted by molar-refractivity contribution is 7.71. The third-order valence-electron chi connectivity index (χ3n) is 2.97. The van der Waals surface area contributed by atoms with Crippen molar-refractivity contribution in [2.45, 2.75) is 13.0 Å². The number of nitrogens with one attached hydrogen (secondary N) is 1. The number of fused-ring (bicyclic) bond motifs is 1. The lowest BCUT2D eigenvalue weighted by molar-refractivity contribution is 0.108. The van der Waals surface area contributed by atoms with Gasteiger partial charge >= 0.3 is 0 Å². The van der Waals surface area contributed by atoms with E-state index in [1.54, 1.807) is 12.1 Å². The molecule has 0 spiro atoms. The molecule has 0 amide bonds. The van der Waals surface area contributed by atoms with Crippen LogP contribution in [0.5, 0.6) is 0 Å². The quantitative estimate of drug-likeness (QED) is 0.803. The minimum absolute atomic E-state index is 0.260. The summed E-state index contributed by atoms with van der Waals surface area (Å²) in [4.78, 5) is 7.60. The average molecular weight is 262 g/mol. The van der Waals surface area contributed by atoms with Gasteiger partial charge in [0.05, 0.1) is 13.2 Å². The second kappa shape index (κ2) is 4.59. The van der Waals surface area contributed by atoms with Crippen LogP contribution in [0.1, 0.15) is 11.3 Å². The van der Waals surface area contributed by atoms with E-state index < -0.39 is 0 Å². The topological polar surface area (TPSA) is 37.9 Å². The van der Waals surface area contributed by atoms with Crippen molar-refractivity contribution in [2.75, 3.05) is 6.61 Å². The Kier molecular flexibility index (Phi) is 2.93. The van der Waals surface area contributed by atoms with Crippen LogP contribution in [0, 0.1) is 10.5 Å². The molecule has 2 heterocycles. The lowest BCUT2D eigenvalue weighted by Crippen LogP contribution is -2.14. The Bertz CT molecular complexity index is 636. The molecule has 0 unspecified atom stereocenters. The molecule has 3 rings (SSSR count). The number of hydrogen-bond donors (Lipinski definition) is 1. The summed E-state index contributed by atoms with van der Waals surface area (Å²) in [5.41, 5.74) is 2.86. The van der Waals surface area contributed by atoms with Crippen molar-refractivity contribution >= 4 is 12.2 Å². The molecule has 1 aromatic heterocycles. The van der Waals surface area contributed by atoms with Gasteiger partial charge in [-0.1, -0.05) is 12.2 Å². The van der Waals surface area contributed by atoms with Crippen LogP contribution in [0.3, 0.4) is 0 Å². The molecule has 0 aliphatic carbocycles. The Balaban J connectivity index is 2.11. The van der Waals surface area contributed by atoms with Gasteiger partial charge in [-0.05, 0) is 24.3 Å². The van der Waals surface area contributed by atoms with Gasteiger partial charge in [-0.25, -0.2) is 9.37 Å². The van der Waals surface area contributed by atoms with Crippen molar-refractivity contribution in [3.63, 3.8) is 0 Å². The van der Waals surface area contributed by atoms with Gasteiger partial charge in [0.1, 0.15) is 16.3 Å². The maximum absolute atomic E-state index is 12.9. The molecule has 92 valence electrons. The van der Waals surface area contributed by atoms with Crippen LogP contribution in [0.4, 0.5) is 4.39 Å². The summed E-state index contributed by atoms with van der Waals surface area (Å²) in [7, 11) is 0. The molecule has 1 aliphatic heterocycles. The van der Waals surface area contributed by atoms with Crippen molar-refractivity contribution in [1.29, 1.82) is 0 Å². The van der Waals surface area contributed by atoms with Gasteiger partial charge in [0.2, 0.25) is 0 Å². The minimum atomic E-state index is -0.260. The number of ether oxygens (including phenoxy) is 1. The molecular formula is C13H11FN2OS. The molecule has 0 fully saturated rings. The molecular weight excluding hydrogens is 251 g/mol. The highest BCUT2D eigenvalue weighted by atomic mass is 32.1. The Morgan fingerprint density at radius 1 is 1.28 bits per heavy atom. The zero-order chi connectivity index (χ0) is 12.5. The molecule has 3 nitrogen and oxygen atoms in total. The maximum atomic E-state index is 12.9. The number of benzene rings is 1. The van der Waals surface area contributed by atoms with Crippen LogP contribution >= 0.6 is 12.2 Å². The molecule has 0 saturated heterocycles.